The Morgan fingerprint density at radius 3 is 2.47 bits per heavy atom. The molecule has 0 aliphatic carbocycles. The van der Waals surface area contributed by atoms with Crippen LogP contribution in [-0.2, 0) is 13.0 Å². The van der Waals surface area contributed by atoms with Gasteiger partial charge in [0.1, 0.15) is 0 Å². The van der Waals surface area contributed by atoms with E-state index in [-0.39, 0.29) is 25.9 Å². The molecule has 8 heteroatoms. The molecule has 1 fully saturated rings. The van der Waals surface area contributed by atoms with E-state index in [2.05, 4.69) is 10.1 Å². The molecule has 0 unspecified atom stereocenters. The first-order chi connectivity index (χ1) is 8.84. The standard InChI is InChI=1S/C11H16F3N3O2/c1-2-9-15-8(16-19-9)7-17-5-3-10(18,4-6-17)11(12,13)14/h18H,2-7H2,1H3. The van der Waals surface area contributed by atoms with Crippen LogP contribution >= 0.6 is 0 Å². The van der Waals surface area contributed by atoms with Crippen LogP contribution in [0, 0.1) is 0 Å². The summed E-state index contributed by atoms with van der Waals surface area (Å²) in [6.07, 6.45) is -4.59. The number of nitrogens with zero attached hydrogens (tertiary/aromatic N) is 3. The van der Waals surface area contributed by atoms with Gasteiger partial charge in [0.05, 0.1) is 6.54 Å². The van der Waals surface area contributed by atoms with Crippen LogP contribution in [0.4, 0.5) is 13.2 Å². The Balaban J connectivity index is 1.90. The predicted octanol–water partition coefficient (Wildman–Crippen LogP) is 1.52. The molecule has 0 saturated carbocycles. The van der Waals surface area contributed by atoms with E-state index in [1.165, 1.54) is 0 Å². The summed E-state index contributed by atoms with van der Waals surface area (Å²) in [5.41, 5.74) is -2.56. The number of aromatic nitrogens is 2. The first-order valence-electron chi connectivity index (χ1n) is 6.17. The molecule has 1 aliphatic heterocycles. The number of alkyl halides is 3. The third-order valence-electron chi connectivity index (χ3n) is 3.39. The van der Waals surface area contributed by atoms with Crippen molar-refractivity contribution in [1.29, 1.82) is 0 Å². The summed E-state index contributed by atoms with van der Waals surface area (Å²) >= 11 is 0. The van der Waals surface area contributed by atoms with Crippen LogP contribution in [0.3, 0.4) is 0 Å². The topological polar surface area (TPSA) is 62.4 Å². The van der Waals surface area contributed by atoms with Crippen molar-refractivity contribution in [1.82, 2.24) is 15.0 Å². The third kappa shape index (κ3) is 3.06. The molecule has 0 spiro atoms. The second-order valence-corrected chi connectivity index (χ2v) is 4.76. The summed E-state index contributed by atoms with van der Waals surface area (Å²) < 4.78 is 42.8. The van der Waals surface area contributed by atoms with E-state index in [4.69, 9.17) is 4.52 Å². The summed E-state index contributed by atoms with van der Waals surface area (Å²) in [5.74, 6) is 0.980. The quantitative estimate of drug-likeness (QED) is 0.909. The first-order valence-corrected chi connectivity index (χ1v) is 6.17. The summed E-state index contributed by atoms with van der Waals surface area (Å²) in [6, 6.07) is 0. The average molecular weight is 279 g/mol. The highest BCUT2D eigenvalue weighted by molar-refractivity contribution is 4.94. The van der Waals surface area contributed by atoms with E-state index in [0.717, 1.165) is 0 Å². The van der Waals surface area contributed by atoms with E-state index in [1.54, 1.807) is 4.90 Å². The number of likely N-dealkylation sites (tertiary alicyclic amines) is 1. The molecule has 1 N–H and O–H groups in total. The second-order valence-electron chi connectivity index (χ2n) is 4.76. The number of hydrogen-bond donors (Lipinski definition) is 1. The molecule has 2 heterocycles. The zero-order valence-electron chi connectivity index (χ0n) is 10.6. The molecule has 1 aromatic heterocycles. The van der Waals surface area contributed by atoms with Crippen LogP contribution in [0.5, 0.6) is 0 Å². The lowest BCUT2D eigenvalue weighted by Gasteiger charge is -2.38. The highest BCUT2D eigenvalue weighted by Gasteiger charge is 2.54. The Kier molecular flexibility index (Phi) is 3.82. The minimum Gasteiger partial charge on any atom is -0.380 e. The van der Waals surface area contributed by atoms with Gasteiger partial charge in [-0.15, -0.1) is 0 Å². The number of halogens is 3. The van der Waals surface area contributed by atoms with Gasteiger partial charge in [0.25, 0.3) is 0 Å². The molecule has 0 aromatic carbocycles. The van der Waals surface area contributed by atoms with Gasteiger partial charge >= 0.3 is 6.18 Å². The van der Waals surface area contributed by atoms with E-state index in [1.807, 2.05) is 6.92 Å². The fourth-order valence-electron chi connectivity index (χ4n) is 2.06. The van der Waals surface area contributed by atoms with Gasteiger partial charge in [-0.25, -0.2) is 0 Å². The molecule has 0 radical (unpaired) electrons. The van der Waals surface area contributed by atoms with Crippen molar-refractivity contribution in [2.45, 2.75) is 44.5 Å². The number of rotatable bonds is 3. The van der Waals surface area contributed by atoms with Crippen molar-refractivity contribution in [3.8, 4) is 0 Å². The highest BCUT2D eigenvalue weighted by atomic mass is 19.4. The van der Waals surface area contributed by atoms with Crippen molar-refractivity contribution in [2.75, 3.05) is 13.1 Å². The first kappa shape index (κ1) is 14.3. The van der Waals surface area contributed by atoms with Gasteiger partial charge in [-0.1, -0.05) is 12.1 Å². The molecule has 108 valence electrons. The monoisotopic (exact) mass is 279 g/mol. The van der Waals surface area contributed by atoms with Gasteiger partial charge in [0.15, 0.2) is 11.4 Å². The van der Waals surface area contributed by atoms with Crippen molar-refractivity contribution in [3.05, 3.63) is 11.7 Å². The molecule has 1 aromatic rings. The Morgan fingerprint density at radius 1 is 1.37 bits per heavy atom. The Morgan fingerprint density at radius 2 is 2.00 bits per heavy atom. The molecule has 1 aliphatic rings. The molecule has 2 rings (SSSR count). The average Bonchev–Trinajstić information content (AvgIpc) is 2.79. The summed E-state index contributed by atoms with van der Waals surface area (Å²) in [6.45, 7) is 2.54. The molecule has 1 saturated heterocycles. The van der Waals surface area contributed by atoms with Crippen LogP contribution < -0.4 is 0 Å². The van der Waals surface area contributed by atoms with E-state index in [0.29, 0.717) is 24.7 Å². The molecular weight excluding hydrogens is 263 g/mol. The van der Waals surface area contributed by atoms with Crippen LogP contribution in [-0.4, -0.2) is 45.0 Å². The van der Waals surface area contributed by atoms with Gasteiger partial charge in [-0.2, -0.15) is 18.2 Å². The Labute approximate surface area is 108 Å². The van der Waals surface area contributed by atoms with Crippen LogP contribution in [0.2, 0.25) is 0 Å². The fourth-order valence-corrected chi connectivity index (χ4v) is 2.06. The third-order valence-corrected chi connectivity index (χ3v) is 3.39. The Hall–Kier alpha value is -1.15. The minimum absolute atomic E-state index is 0.159. The fraction of sp³-hybridized carbons (Fsp3) is 0.818. The van der Waals surface area contributed by atoms with E-state index < -0.39 is 11.8 Å². The SMILES string of the molecule is CCc1nc(CN2CCC(O)(C(F)(F)F)CC2)no1. The summed E-state index contributed by atoms with van der Waals surface area (Å²) in [5, 5.41) is 13.3. The van der Waals surface area contributed by atoms with Crippen LogP contribution in [0.15, 0.2) is 4.52 Å². The molecule has 0 atom stereocenters. The van der Waals surface area contributed by atoms with Crippen molar-refractivity contribution in [3.63, 3.8) is 0 Å². The summed E-state index contributed by atoms with van der Waals surface area (Å²) in [4.78, 5) is 5.89. The molecule has 19 heavy (non-hydrogen) atoms. The molecule has 0 bridgehead atoms. The highest BCUT2D eigenvalue weighted by Crippen LogP contribution is 2.38. The summed E-state index contributed by atoms with van der Waals surface area (Å²) in [7, 11) is 0. The molecule has 5 nitrogen and oxygen atoms in total. The largest absolute Gasteiger partial charge is 0.417 e. The van der Waals surface area contributed by atoms with Crippen LogP contribution in [0.25, 0.3) is 0 Å². The smallest absolute Gasteiger partial charge is 0.380 e. The van der Waals surface area contributed by atoms with Crippen molar-refractivity contribution in [2.24, 2.45) is 0 Å². The predicted molar refractivity (Wildman–Crippen MR) is 59.2 cm³/mol. The van der Waals surface area contributed by atoms with Gasteiger partial charge in [0, 0.05) is 19.5 Å². The van der Waals surface area contributed by atoms with Gasteiger partial charge in [-0.05, 0) is 12.8 Å². The number of hydrogen-bond acceptors (Lipinski definition) is 5. The zero-order valence-corrected chi connectivity index (χ0v) is 10.6. The maximum Gasteiger partial charge on any atom is 0.417 e. The van der Waals surface area contributed by atoms with Gasteiger partial charge < -0.3 is 9.63 Å². The normalized spacial score (nSPS) is 20.7. The lowest BCUT2D eigenvalue weighted by molar-refractivity contribution is -0.272. The second kappa shape index (κ2) is 5.09. The van der Waals surface area contributed by atoms with Gasteiger partial charge in [-0.3, -0.25) is 4.90 Å². The zero-order chi connectivity index (χ0) is 14.1. The number of aryl methyl sites for hydroxylation is 1. The minimum atomic E-state index is -4.57. The molecule has 0 amide bonds. The van der Waals surface area contributed by atoms with Crippen LogP contribution in [0.1, 0.15) is 31.5 Å². The number of piperidine rings is 1. The maximum atomic E-state index is 12.6. The molecular formula is C11H16F3N3O2. The number of aliphatic hydroxyl groups is 1. The van der Waals surface area contributed by atoms with Crippen molar-refractivity contribution >= 4 is 0 Å². The van der Waals surface area contributed by atoms with Crippen molar-refractivity contribution < 1.29 is 22.8 Å². The Bertz CT molecular complexity index is 425. The van der Waals surface area contributed by atoms with E-state index in [9.17, 15) is 18.3 Å². The lowest BCUT2D eigenvalue weighted by atomic mass is 9.91. The lowest BCUT2D eigenvalue weighted by Crippen LogP contribution is -2.53. The maximum absolute atomic E-state index is 12.6. The van der Waals surface area contributed by atoms with E-state index >= 15 is 0 Å². The van der Waals surface area contributed by atoms with Gasteiger partial charge in [0.2, 0.25) is 5.89 Å².